The smallest absolute Gasteiger partial charge is 0.334 e. The summed E-state index contributed by atoms with van der Waals surface area (Å²) in [4.78, 5) is 50.7. The topological polar surface area (TPSA) is 79.7 Å². The monoisotopic (exact) mass is 347 g/mol. The van der Waals surface area contributed by atoms with Crippen molar-refractivity contribution in [3.05, 3.63) is 23.0 Å². The van der Waals surface area contributed by atoms with Crippen molar-refractivity contribution < 1.29 is 19.2 Å². The SMILES string of the molecule is Cc1cc(C(=O)CN2C(=O)C(=O)N(CC(C)C)C2=O)c(C)n1C(C)C. The van der Waals surface area contributed by atoms with Crippen LogP contribution in [0.5, 0.6) is 0 Å². The van der Waals surface area contributed by atoms with Crippen LogP contribution in [0.15, 0.2) is 6.07 Å². The minimum absolute atomic E-state index is 0.0429. The van der Waals surface area contributed by atoms with E-state index in [1.54, 1.807) is 6.07 Å². The summed E-state index contributed by atoms with van der Waals surface area (Å²) in [6.45, 7) is 11.2. The molecule has 0 radical (unpaired) electrons. The van der Waals surface area contributed by atoms with E-state index in [-0.39, 0.29) is 24.3 Å². The van der Waals surface area contributed by atoms with Gasteiger partial charge in [-0.2, -0.15) is 0 Å². The van der Waals surface area contributed by atoms with Gasteiger partial charge in [0.05, 0.1) is 6.54 Å². The average molecular weight is 347 g/mol. The van der Waals surface area contributed by atoms with Gasteiger partial charge >= 0.3 is 17.8 Å². The van der Waals surface area contributed by atoms with Crippen LogP contribution in [0.2, 0.25) is 0 Å². The minimum atomic E-state index is -0.934. The number of carbonyl (C=O) groups excluding carboxylic acids is 4. The molecule has 0 aromatic carbocycles. The second kappa shape index (κ2) is 6.82. The van der Waals surface area contributed by atoms with E-state index in [1.165, 1.54) is 0 Å². The van der Waals surface area contributed by atoms with Gasteiger partial charge in [-0.1, -0.05) is 13.8 Å². The molecule has 1 saturated heterocycles. The second-order valence-corrected chi connectivity index (χ2v) is 7.16. The summed E-state index contributed by atoms with van der Waals surface area (Å²) in [6, 6.07) is 1.24. The maximum atomic E-state index is 12.6. The summed E-state index contributed by atoms with van der Waals surface area (Å²) >= 11 is 0. The van der Waals surface area contributed by atoms with Crippen LogP contribution in [0.1, 0.15) is 55.5 Å². The van der Waals surface area contributed by atoms with Gasteiger partial charge in [0.2, 0.25) is 0 Å². The number of urea groups is 1. The van der Waals surface area contributed by atoms with Crippen molar-refractivity contribution >= 4 is 23.6 Å². The quantitative estimate of drug-likeness (QED) is 0.449. The van der Waals surface area contributed by atoms with Crippen molar-refractivity contribution in [2.45, 2.75) is 47.6 Å². The van der Waals surface area contributed by atoms with Crippen LogP contribution in [-0.2, 0) is 9.59 Å². The summed E-state index contributed by atoms with van der Waals surface area (Å²) in [6.07, 6.45) is 0. The molecule has 1 aromatic heterocycles. The zero-order valence-electron chi connectivity index (χ0n) is 15.6. The zero-order chi connectivity index (χ0) is 19.0. The molecule has 0 bridgehead atoms. The number of imide groups is 2. The molecule has 2 heterocycles. The average Bonchev–Trinajstić information content (AvgIpc) is 2.90. The van der Waals surface area contributed by atoms with Crippen LogP contribution < -0.4 is 0 Å². The largest absolute Gasteiger partial charge is 0.346 e. The van der Waals surface area contributed by atoms with E-state index in [0.717, 1.165) is 21.2 Å². The molecule has 0 aliphatic carbocycles. The molecule has 1 aromatic rings. The van der Waals surface area contributed by atoms with Gasteiger partial charge in [-0.05, 0) is 39.7 Å². The van der Waals surface area contributed by atoms with Crippen LogP contribution >= 0.6 is 0 Å². The number of hydrogen-bond donors (Lipinski definition) is 0. The Kier molecular flexibility index (Phi) is 5.15. The summed E-state index contributed by atoms with van der Waals surface area (Å²) < 4.78 is 2.02. The van der Waals surface area contributed by atoms with Crippen LogP contribution in [0, 0.1) is 19.8 Å². The first-order valence-electron chi connectivity index (χ1n) is 8.45. The maximum absolute atomic E-state index is 12.6. The molecule has 1 aliphatic heterocycles. The Morgan fingerprint density at radius 1 is 1.00 bits per heavy atom. The fourth-order valence-electron chi connectivity index (χ4n) is 3.30. The number of aromatic nitrogens is 1. The molecule has 136 valence electrons. The lowest BCUT2D eigenvalue weighted by atomic mass is 10.1. The fourth-order valence-corrected chi connectivity index (χ4v) is 3.30. The number of Topliss-reactive ketones (excluding diaryl/α,β-unsaturated/α-hetero) is 1. The number of rotatable bonds is 6. The predicted octanol–water partition coefficient (Wildman–Crippen LogP) is 2.32. The van der Waals surface area contributed by atoms with Crippen LogP contribution in [0.4, 0.5) is 4.79 Å². The lowest BCUT2D eigenvalue weighted by Gasteiger charge is -2.17. The number of nitrogens with zero attached hydrogens (tertiary/aromatic N) is 3. The van der Waals surface area contributed by atoms with E-state index in [2.05, 4.69) is 0 Å². The number of carbonyl (C=O) groups is 4. The fraction of sp³-hybridized carbons (Fsp3) is 0.556. The Hall–Kier alpha value is -2.44. The standard InChI is InChI=1S/C18H25N3O4/c1-10(2)8-19-16(23)17(24)20(18(19)25)9-15(22)14-7-12(5)21(11(3)4)13(14)6/h7,10-11H,8-9H2,1-6H3. The Labute approximate surface area is 147 Å². The highest BCUT2D eigenvalue weighted by Gasteiger charge is 2.45. The predicted molar refractivity (Wildman–Crippen MR) is 92.3 cm³/mol. The van der Waals surface area contributed by atoms with Gasteiger partial charge in [0.1, 0.15) is 0 Å². The summed E-state index contributed by atoms with van der Waals surface area (Å²) in [5, 5.41) is 0. The van der Waals surface area contributed by atoms with Gasteiger partial charge < -0.3 is 4.57 Å². The lowest BCUT2D eigenvalue weighted by Crippen LogP contribution is -2.38. The minimum Gasteiger partial charge on any atom is -0.346 e. The highest BCUT2D eigenvalue weighted by Crippen LogP contribution is 2.22. The summed E-state index contributed by atoms with van der Waals surface area (Å²) in [5.74, 6) is -2.10. The third kappa shape index (κ3) is 3.36. The van der Waals surface area contributed by atoms with Crippen LogP contribution in [-0.4, -0.2) is 51.1 Å². The lowest BCUT2D eigenvalue weighted by molar-refractivity contribution is -0.143. The molecule has 7 nitrogen and oxygen atoms in total. The number of ketones is 1. The Balaban J connectivity index is 2.24. The summed E-state index contributed by atoms with van der Waals surface area (Å²) in [5.41, 5.74) is 2.20. The van der Waals surface area contributed by atoms with Crippen molar-refractivity contribution in [2.75, 3.05) is 13.1 Å². The molecule has 7 heteroatoms. The molecule has 2 rings (SSSR count). The second-order valence-electron chi connectivity index (χ2n) is 7.16. The van der Waals surface area contributed by atoms with Gasteiger partial charge in [0, 0.05) is 29.5 Å². The van der Waals surface area contributed by atoms with E-state index in [0.29, 0.717) is 5.56 Å². The Morgan fingerprint density at radius 3 is 2.04 bits per heavy atom. The van der Waals surface area contributed by atoms with Gasteiger partial charge in [-0.25, -0.2) is 9.69 Å². The third-order valence-electron chi connectivity index (χ3n) is 4.29. The van der Waals surface area contributed by atoms with Crippen LogP contribution in [0.3, 0.4) is 0 Å². The van der Waals surface area contributed by atoms with Crippen LogP contribution in [0.25, 0.3) is 0 Å². The molecular weight excluding hydrogens is 322 g/mol. The molecule has 0 unspecified atom stereocenters. The van der Waals surface area contributed by atoms with Crippen molar-refractivity contribution in [1.82, 2.24) is 14.4 Å². The third-order valence-corrected chi connectivity index (χ3v) is 4.29. The molecule has 0 spiro atoms. The van der Waals surface area contributed by atoms with E-state index in [1.807, 2.05) is 46.1 Å². The summed E-state index contributed by atoms with van der Waals surface area (Å²) in [7, 11) is 0. The first-order chi connectivity index (χ1) is 11.6. The van der Waals surface area contributed by atoms with Gasteiger partial charge in [-0.3, -0.25) is 19.3 Å². The molecule has 0 N–H and O–H groups in total. The first-order valence-corrected chi connectivity index (χ1v) is 8.45. The molecule has 4 amide bonds. The van der Waals surface area contributed by atoms with Gasteiger partial charge in [-0.15, -0.1) is 0 Å². The first kappa shape index (κ1) is 18.9. The Morgan fingerprint density at radius 2 is 1.56 bits per heavy atom. The number of aryl methyl sites for hydroxylation is 1. The molecular formula is C18H25N3O4. The Bertz CT molecular complexity index is 746. The van der Waals surface area contributed by atoms with E-state index < -0.39 is 24.4 Å². The molecule has 25 heavy (non-hydrogen) atoms. The van der Waals surface area contributed by atoms with E-state index in [9.17, 15) is 19.2 Å². The molecule has 0 atom stereocenters. The maximum Gasteiger partial charge on any atom is 0.334 e. The van der Waals surface area contributed by atoms with Crippen molar-refractivity contribution in [1.29, 1.82) is 0 Å². The zero-order valence-corrected chi connectivity index (χ0v) is 15.6. The highest BCUT2D eigenvalue weighted by molar-refractivity contribution is 6.45. The normalized spacial score (nSPS) is 15.3. The molecule has 1 fully saturated rings. The van der Waals surface area contributed by atoms with Crippen molar-refractivity contribution in [3.8, 4) is 0 Å². The number of amides is 4. The highest BCUT2D eigenvalue weighted by atomic mass is 16.2. The van der Waals surface area contributed by atoms with Crippen molar-refractivity contribution in [2.24, 2.45) is 5.92 Å². The van der Waals surface area contributed by atoms with Gasteiger partial charge in [0.25, 0.3) is 0 Å². The van der Waals surface area contributed by atoms with E-state index in [4.69, 9.17) is 0 Å². The van der Waals surface area contributed by atoms with E-state index >= 15 is 0 Å². The molecule has 1 aliphatic rings. The number of hydrogen-bond acceptors (Lipinski definition) is 4. The molecule has 0 saturated carbocycles. The van der Waals surface area contributed by atoms with Crippen molar-refractivity contribution in [3.63, 3.8) is 0 Å². The van der Waals surface area contributed by atoms with Gasteiger partial charge in [0.15, 0.2) is 5.78 Å².